The SMILES string of the molecule is Cc1nc(-c2cccc(NC(=O)CCl)c2)n[nH]1.Cl. The van der Waals surface area contributed by atoms with Crippen LogP contribution in [0.5, 0.6) is 0 Å². The molecular weight excluding hydrogens is 275 g/mol. The summed E-state index contributed by atoms with van der Waals surface area (Å²) in [5.74, 6) is 1.04. The minimum atomic E-state index is -0.241. The molecular formula is C11H12Cl2N4O. The quantitative estimate of drug-likeness (QED) is 0.851. The molecule has 0 aliphatic carbocycles. The number of nitrogens with one attached hydrogen (secondary N) is 2. The van der Waals surface area contributed by atoms with Crippen molar-refractivity contribution >= 4 is 35.6 Å². The Bertz CT molecular complexity index is 541. The normalized spacial score (nSPS) is 9.67. The van der Waals surface area contributed by atoms with E-state index in [1.807, 2.05) is 19.1 Å². The maximum absolute atomic E-state index is 11.2. The van der Waals surface area contributed by atoms with Crippen molar-refractivity contribution in [1.29, 1.82) is 0 Å². The summed E-state index contributed by atoms with van der Waals surface area (Å²) in [5.41, 5.74) is 1.51. The first-order valence-corrected chi connectivity index (χ1v) is 5.58. The number of H-pyrrole nitrogens is 1. The zero-order valence-electron chi connectivity index (χ0n) is 9.61. The summed E-state index contributed by atoms with van der Waals surface area (Å²) in [6, 6.07) is 7.28. The van der Waals surface area contributed by atoms with Gasteiger partial charge in [-0.1, -0.05) is 12.1 Å². The minimum Gasteiger partial charge on any atom is -0.325 e. The summed E-state index contributed by atoms with van der Waals surface area (Å²) in [6.07, 6.45) is 0. The van der Waals surface area contributed by atoms with E-state index in [0.717, 1.165) is 11.4 Å². The highest BCUT2D eigenvalue weighted by Gasteiger charge is 2.05. The largest absolute Gasteiger partial charge is 0.325 e. The van der Waals surface area contributed by atoms with Crippen LogP contribution in [0.25, 0.3) is 11.4 Å². The monoisotopic (exact) mass is 286 g/mol. The first-order valence-electron chi connectivity index (χ1n) is 5.04. The molecule has 2 rings (SSSR count). The van der Waals surface area contributed by atoms with Crippen LogP contribution in [0.1, 0.15) is 5.82 Å². The van der Waals surface area contributed by atoms with Crippen LogP contribution in [0.15, 0.2) is 24.3 Å². The summed E-state index contributed by atoms with van der Waals surface area (Å²) in [5, 5.41) is 9.49. The van der Waals surface area contributed by atoms with Crippen molar-refractivity contribution in [2.24, 2.45) is 0 Å². The number of hydrogen-bond donors (Lipinski definition) is 2. The summed E-state index contributed by atoms with van der Waals surface area (Å²) in [7, 11) is 0. The Morgan fingerprint density at radius 3 is 2.89 bits per heavy atom. The second kappa shape index (κ2) is 6.37. The molecule has 0 saturated heterocycles. The lowest BCUT2D eigenvalue weighted by molar-refractivity contribution is -0.113. The number of rotatable bonds is 3. The maximum atomic E-state index is 11.2. The maximum Gasteiger partial charge on any atom is 0.239 e. The Balaban J connectivity index is 0.00000162. The van der Waals surface area contributed by atoms with Gasteiger partial charge in [-0.2, -0.15) is 5.10 Å². The molecule has 2 N–H and O–H groups in total. The van der Waals surface area contributed by atoms with Gasteiger partial charge in [0.05, 0.1) is 0 Å². The van der Waals surface area contributed by atoms with E-state index in [2.05, 4.69) is 20.5 Å². The molecule has 0 aliphatic rings. The molecule has 1 heterocycles. The third-order valence-corrected chi connectivity index (χ3v) is 2.37. The van der Waals surface area contributed by atoms with Gasteiger partial charge >= 0.3 is 0 Å². The third kappa shape index (κ3) is 3.45. The van der Waals surface area contributed by atoms with Gasteiger partial charge in [-0.25, -0.2) is 4.98 Å². The molecule has 5 nitrogen and oxygen atoms in total. The predicted molar refractivity (Wildman–Crippen MR) is 73.2 cm³/mol. The highest BCUT2D eigenvalue weighted by Crippen LogP contribution is 2.19. The van der Waals surface area contributed by atoms with E-state index in [1.54, 1.807) is 12.1 Å². The average molecular weight is 287 g/mol. The van der Waals surface area contributed by atoms with Crippen molar-refractivity contribution < 1.29 is 4.79 Å². The van der Waals surface area contributed by atoms with Gasteiger partial charge < -0.3 is 5.32 Å². The van der Waals surface area contributed by atoms with Gasteiger partial charge in [0.1, 0.15) is 11.7 Å². The smallest absolute Gasteiger partial charge is 0.239 e. The molecule has 96 valence electrons. The number of aromatic nitrogens is 3. The van der Waals surface area contributed by atoms with Gasteiger partial charge in [-0.3, -0.25) is 9.89 Å². The molecule has 0 fully saturated rings. The van der Waals surface area contributed by atoms with Gasteiger partial charge in [0.25, 0.3) is 0 Å². The number of benzene rings is 1. The molecule has 0 atom stereocenters. The zero-order chi connectivity index (χ0) is 12.3. The summed E-state index contributed by atoms with van der Waals surface area (Å²) < 4.78 is 0. The van der Waals surface area contributed by atoms with Crippen LogP contribution in [-0.2, 0) is 4.79 Å². The van der Waals surface area contributed by atoms with Crippen LogP contribution >= 0.6 is 24.0 Å². The summed E-state index contributed by atoms with van der Waals surface area (Å²) in [4.78, 5) is 15.4. The van der Waals surface area contributed by atoms with E-state index >= 15 is 0 Å². The van der Waals surface area contributed by atoms with Crippen LogP contribution in [-0.4, -0.2) is 27.0 Å². The predicted octanol–water partition coefficient (Wildman–Crippen LogP) is 2.38. The Morgan fingerprint density at radius 1 is 1.50 bits per heavy atom. The first kappa shape index (κ1) is 14.5. The van der Waals surface area contributed by atoms with Gasteiger partial charge in [0.2, 0.25) is 5.91 Å². The van der Waals surface area contributed by atoms with Gasteiger partial charge in [-0.05, 0) is 19.1 Å². The Labute approximate surface area is 115 Å². The third-order valence-electron chi connectivity index (χ3n) is 2.12. The molecule has 0 aliphatic heterocycles. The first-order chi connectivity index (χ1) is 8.19. The highest BCUT2D eigenvalue weighted by molar-refractivity contribution is 6.29. The lowest BCUT2D eigenvalue weighted by atomic mass is 10.2. The van der Waals surface area contributed by atoms with Crippen molar-refractivity contribution in [3.8, 4) is 11.4 Å². The van der Waals surface area contributed by atoms with E-state index in [0.29, 0.717) is 11.5 Å². The van der Waals surface area contributed by atoms with Crippen molar-refractivity contribution in [2.75, 3.05) is 11.2 Å². The van der Waals surface area contributed by atoms with Gasteiger partial charge in [0, 0.05) is 11.3 Å². The Kier molecular flexibility index (Phi) is 5.12. The fourth-order valence-electron chi connectivity index (χ4n) is 1.40. The molecule has 18 heavy (non-hydrogen) atoms. The lowest BCUT2D eigenvalue weighted by Crippen LogP contribution is -2.12. The van der Waals surface area contributed by atoms with E-state index in [9.17, 15) is 4.79 Å². The molecule has 0 unspecified atom stereocenters. The second-order valence-corrected chi connectivity index (χ2v) is 3.77. The number of carbonyl (C=O) groups is 1. The molecule has 7 heteroatoms. The fourth-order valence-corrected chi connectivity index (χ4v) is 1.47. The van der Waals surface area contributed by atoms with Crippen LogP contribution in [0, 0.1) is 6.92 Å². The number of carbonyl (C=O) groups excluding carboxylic acids is 1. The molecule has 0 saturated carbocycles. The van der Waals surface area contributed by atoms with E-state index in [4.69, 9.17) is 11.6 Å². The highest BCUT2D eigenvalue weighted by atomic mass is 35.5. The van der Waals surface area contributed by atoms with Crippen molar-refractivity contribution in [3.05, 3.63) is 30.1 Å². The summed E-state index contributed by atoms with van der Waals surface area (Å²) in [6.45, 7) is 1.83. The fraction of sp³-hybridized carbons (Fsp3) is 0.182. The standard InChI is InChI=1S/C11H11ClN4O.ClH/c1-7-13-11(16-15-7)8-3-2-4-9(5-8)14-10(17)6-12;/h2-5H,6H2,1H3,(H,14,17)(H,13,15,16);1H. The Morgan fingerprint density at radius 2 is 2.28 bits per heavy atom. The number of alkyl halides is 1. The average Bonchev–Trinajstić information content (AvgIpc) is 2.76. The van der Waals surface area contributed by atoms with Crippen LogP contribution in [0.3, 0.4) is 0 Å². The van der Waals surface area contributed by atoms with Crippen LogP contribution in [0.4, 0.5) is 5.69 Å². The van der Waals surface area contributed by atoms with Gasteiger partial charge in [0.15, 0.2) is 5.82 Å². The molecule has 2 aromatic rings. The number of amides is 1. The second-order valence-electron chi connectivity index (χ2n) is 3.51. The molecule has 1 aromatic carbocycles. The topological polar surface area (TPSA) is 70.7 Å². The van der Waals surface area contributed by atoms with E-state index < -0.39 is 0 Å². The van der Waals surface area contributed by atoms with Crippen LogP contribution in [0.2, 0.25) is 0 Å². The zero-order valence-corrected chi connectivity index (χ0v) is 11.2. The van der Waals surface area contributed by atoms with Crippen LogP contribution < -0.4 is 5.32 Å². The number of hydrogen-bond acceptors (Lipinski definition) is 3. The molecule has 1 aromatic heterocycles. The number of halogens is 2. The van der Waals surface area contributed by atoms with Gasteiger partial charge in [-0.15, -0.1) is 24.0 Å². The molecule has 1 amide bonds. The van der Waals surface area contributed by atoms with Crippen molar-refractivity contribution in [1.82, 2.24) is 15.2 Å². The lowest BCUT2D eigenvalue weighted by Gasteiger charge is -2.03. The van der Waals surface area contributed by atoms with E-state index in [1.165, 1.54) is 0 Å². The minimum absolute atomic E-state index is 0. The van der Waals surface area contributed by atoms with Crippen molar-refractivity contribution in [3.63, 3.8) is 0 Å². The molecule has 0 radical (unpaired) electrons. The molecule has 0 bridgehead atoms. The van der Waals surface area contributed by atoms with Crippen molar-refractivity contribution in [2.45, 2.75) is 6.92 Å². The number of nitrogens with zero attached hydrogens (tertiary/aromatic N) is 2. The number of aromatic amines is 1. The number of anilines is 1. The molecule has 0 spiro atoms. The van der Waals surface area contributed by atoms with E-state index in [-0.39, 0.29) is 24.2 Å². The Hall–Kier alpha value is -1.59. The number of aryl methyl sites for hydroxylation is 1. The summed E-state index contributed by atoms with van der Waals surface area (Å²) >= 11 is 5.42.